The first-order valence-electron chi connectivity index (χ1n) is 9.41. The number of halogens is 3. The zero-order valence-corrected chi connectivity index (χ0v) is 15.6. The topological polar surface area (TPSA) is 72.5 Å². The van der Waals surface area contributed by atoms with Crippen molar-refractivity contribution in [2.24, 2.45) is 5.41 Å². The number of alkyl halides is 3. The highest BCUT2D eigenvalue weighted by atomic mass is 19.4. The van der Waals surface area contributed by atoms with Gasteiger partial charge in [-0.1, -0.05) is 0 Å². The largest absolute Gasteiger partial charge is 0.449 e. The zero-order valence-electron chi connectivity index (χ0n) is 15.6. The van der Waals surface area contributed by atoms with Gasteiger partial charge in [0.25, 0.3) is 5.91 Å². The molecule has 2 aliphatic heterocycles. The second kappa shape index (κ2) is 6.73. The van der Waals surface area contributed by atoms with Crippen LogP contribution in [0.4, 0.5) is 13.2 Å². The van der Waals surface area contributed by atoms with Crippen LogP contribution in [0.2, 0.25) is 0 Å². The summed E-state index contributed by atoms with van der Waals surface area (Å²) in [4.78, 5) is 22.7. The fourth-order valence-corrected chi connectivity index (χ4v) is 4.56. The molecule has 0 radical (unpaired) electrons. The number of nitrogens with one attached hydrogen (secondary N) is 1. The molecule has 0 unspecified atom stereocenters. The fraction of sp³-hybridized carbons (Fsp3) is 0.579. The lowest BCUT2D eigenvalue weighted by Crippen LogP contribution is -2.59. The van der Waals surface area contributed by atoms with Crippen LogP contribution in [0.25, 0.3) is 11.0 Å². The summed E-state index contributed by atoms with van der Waals surface area (Å²) in [5.41, 5.74) is 0.328. The number of aliphatic hydroxyl groups is 1. The van der Waals surface area contributed by atoms with Crippen molar-refractivity contribution < 1.29 is 23.1 Å². The van der Waals surface area contributed by atoms with Crippen LogP contribution in [0.15, 0.2) is 18.2 Å². The Labute approximate surface area is 160 Å². The minimum absolute atomic E-state index is 0.170. The summed E-state index contributed by atoms with van der Waals surface area (Å²) in [7, 11) is 2.01. The van der Waals surface area contributed by atoms with Crippen molar-refractivity contribution in [1.29, 1.82) is 0 Å². The highest BCUT2D eigenvalue weighted by molar-refractivity contribution is 5.97. The van der Waals surface area contributed by atoms with Gasteiger partial charge in [0.2, 0.25) is 5.82 Å². The molecule has 1 spiro atoms. The Kier molecular flexibility index (Phi) is 4.62. The van der Waals surface area contributed by atoms with Crippen molar-refractivity contribution >= 4 is 16.9 Å². The van der Waals surface area contributed by atoms with Crippen LogP contribution in [0.3, 0.4) is 0 Å². The molecule has 0 aliphatic carbocycles. The Morgan fingerprint density at radius 2 is 2.11 bits per heavy atom. The highest BCUT2D eigenvalue weighted by Crippen LogP contribution is 2.39. The van der Waals surface area contributed by atoms with Crippen molar-refractivity contribution in [2.45, 2.75) is 31.5 Å². The summed E-state index contributed by atoms with van der Waals surface area (Å²) in [5.74, 6) is -1.30. The average molecular weight is 396 g/mol. The van der Waals surface area contributed by atoms with E-state index in [0.29, 0.717) is 25.1 Å². The molecular weight excluding hydrogens is 373 g/mol. The smallest absolute Gasteiger partial charge is 0.392 e. The van der Waals surface area contributed by atoms with Gasteiger partial charge in [0.15, 0.2) is 0 Å². The first-order valence-corrected chi connectivity index (χ1v) is 9.41. The molecule has 28 heavy (non-hydrogen) atoms. The van der Waals surface area contributed by atoms with Gasteiger partial charge in [-0.3, -0.25) is 4.79 Å². The Balaban J connectivity index is 1.58. The number of rotatable bonds is 1. The van der Waals surface area contributed by atoms with E-state index in [2.05, 4.69) is 14.9 Å². The van der Waals surface area contributed by atoms with E-state index in [-0.39, 0.29) is 22.4 Å². The molecule has 2 aromatic rings. The summed E-state index contributed by atoms with van der Waals surface area (Å²) in [6.45, 7) is 2.58. The molecule has 1 aromatic heterocycles. The zero-order chi connectivity index (χ0) is 20.1. The number of carbonyl (C=O) groups excluding carboxylic acids is 1. The molecule has 2 fully saturated rings. The van der Waals surface area contributed by atoms with E-state index in [4.69, 9.17) is 0 Å². The molecule has 1 aromatic carbocycles. The van der Waals surface area contributed by atoms with E-state index in [1.54, 1.807) is 4.90 Å². The number of aliphatic hydroxyl groups excluding tert-OH is 1. The van der Waals surface area contributed by atoms with Gasteiger partial charge in [-0.05, 0) is 44.5 Å². The summed E-state index contributed by atoms with van der Waals surface area (Å²) in [6.07, 6.45) is -2.69. The molecule has 152 valence electrons. The molecular formula is C19H23F3N4O2. The summed E-state index contributed by atoms with van der Waals surface area (Å²) in [5, 5.41) is 10.6. The number of amides is 1. The molecule has 9 heteroatoms. The van der Waals surface area contributed by atoms with Gasteiger partial charge in [0.1, 0.15) is 0 Å². The van der Waals surface area contributed by atoms with Crippen molar-refractivity contribution in [3.63, 3.8) is 0 Å². The van der Waals surface area contributed by atoms with E-state index in [0.717, 1.165) is 25.9 Å². The number of benzene rings is 1. The van der Waals surface area contributed by atoms with Gasteiger partial charge in [-0.15, -0.1) is 0 Å². The van der Waals surface area contributed by atoms with Crippen molar-refractivity contribution in [3.05, 3.63) is 29.6 Å². The van der Waals surface area contributed by atoms with Crippen LogP contribution < -0.4 is 0 Å². The van der Waals surface area contributed by atoms with E-state index in [9.17, 15) is 23.1 Å². The minimum atomic E-state index is -4.56. The molecule has 0 bridgehead atoms. The number of hydrogen-bond acceptors (Lipinski definition) is 4. The van der Waals surface area contributed by atoms with Gasteiger partial charge in [0, 0.05) is 37.2 Å². The molecule has 2 saturated heterocycles. The van der Waals surface area contributed by atoms with E-state index < -0.39 is 18.1 Å². The molecule has 2 N–H and O–H groups in total. The predicted molar refractivity (Wildman–Crippen MR) is 96.8 cm³/mol. The quantitative estimate of drug-likeness (QED) is 0.777. The number of likely N-dealkylation sites (tertiary alicyclic amines) is 2. The van der Waals surface area contributed by atoms with Crippen LogP contribution in [0.5, 0.6) is 0 Å². The van der Waals surface area contributed by atoms with Crippen LogP contribution in [0.1, 0.15) is 35.4 Å². The lowest BCUT2D eigenvalue weighted by molar-refractivity contribution is -0.144. The summed E-state index contributed by atoms with van der Waals surface area (Å²) in [6, 6.07) is 4.36. The van der Waals surface area contributed by atoms with Crippen LogP contribution in [0, 0.1) is 5.41 Å². The third-order valence-electron chi connectivity index (χ3n) is 5.97. The second-order valence-corrected chi connectivity index (χ2v) is 8.05. The Hall–Kier alpha value is -2.13. The number of imidazole rings is 1. The van der Waals surface area contributed by atoms with Crippen molar-refractivity contribution in [2.75, 3.05) is 33.2 Å². The normalized spacial score (nSPS) is 26.9. The highest BCUT2D eigenvalue weighted by Gasteiger charge is 2.45. The Bertz CT molecular complexity index is 897. The maximum atomic E-state index is 13.0. The number of carbonyl (C=O) groups is 1. The van der Waals surface area contributed by atoms with Gasteiger partial charge < -0.3 is 19.9 Å². The number of piperidine rings is 2. The maximum absolute atomic E-state index is 13.0. The number of aromatic nitrogens is 2. The Morgan fingerprint density at radius 1 is 1.32 bits per heavy atom. The molecule has 4 rings (SSSR count). The average Bonchev–Trinajstić information content (AvgIpc) is 3.08. The SMILES string of the molecule is CN1CC[C@H](O)[C@@]2(CCCN(C(=O)c3ccc4nc(C(F)(F)F)[nH]c4c3)C2)C1. The number of H-pyrrole nitrogens is 1. The third-order valence-corrected chi connectivity index (χ3v) is 5.97. The lowest BCUT2D eigenvalue weighted by Gasteiger charge is -2.50. The van der Waals surface area contributed by atoms with E-state index in [1.807, 2.05) is 7.05 Å². The number of nitrogens with zero attached hydrogens (tertiary/aromatic N) is 3. The third kappa shape index (κ3) is 3.37. The van der Waals surface area contributed by atoms with Gasteiger partial charge in [-0.25, -0.2) is 4.98 Å². The minimum Gasteiger partial charge on any atom is -0.392 e. The van der Waals surface area contributed by atoms with Crippen molar-refractivity contribution in [1.82, 2.24) is 19.8 Å². The van der Waals surface area contributed by atoms with Crippen LogP contribution >= 0.6 is 0 Å². The molecule has 3 heterocycles. The van der Waals surface area contributed by atoms with E-state index >= 15 is 0 Å². The van der Waals surface area contributed by atoms with Gasteiger partial charge in [-0.2, -0.15) is 13.2 Å². The monoisotopic (exact) mass is 396 g/mol. The molecule has 2 aliphatic rings. The second-order valence-electron chi connectivity index (χ2n) is 8.05. The predicted octanol–water partition coefficient (Wildman–Crippen LogP) is 2.50. The van der Waals surface area contributed by atoms with Crippen LogP contribution in [-0.2, 0) is 6.18 Å². The van der Waals surface area contributed by atoms with Crippen LogP contribution in [-0.4, -0.2) is 70.1 Å². The van der Waals surface area contributed by atoms with Gasteiger partial charge in [0.05, 0.1) is 17.1 Å². The van der Waals surface area contributed by atoms with Gasteiger partial charge >= 0.3 is 6.18 Å². The molecule has 0 saturated carbocycles. The lowest BCUT2D eigenvalue weighted by atomic mass is 9.71. The molecule has 6 nitrogen and oxygen atoms in total. The first kappa shape index (κ1) is 19.2. The molecule has 1 amide bonds. The molecule has 2 atom stereocenters. The first-order chi connectivity index (χ1) is 13.2. The standard InChI is InChI=1S/C19H23F3N4O2/c1-25-8-5-15(27)18(10-25)6-2-7-26(11-18)16(28)12-3-4-13-14(9-12)24-17(23-13)19(20,21)22/h3-4,9,15,27H,2,5-8,10-11H2,1H3,(H,23,24)/t15-,18-/m0/s1. The summed E-state index contributed by atoms with van der Waals surface area (Å²) >= 11 is 0. The van der Waals surface area contributed by atoms with E-state index in [1.165, 1.54) is 18.2 Å². The maximum Gasteiger partial charge on any atom is 0.449 e. The Morgan fingerprint density at radius 3 is 2.86 bits per heavy atom. The summed E-state index contributed by atoms with van der Waals surface area (Å²) < 4.78 is 38.6. The number of fused-ring (bicyclic) bond motifs is 1. The number of hydrogen-bond donors (Lipinski definition) is 2. The number of aromatic amines is 1. The fourth-order valence-electron chi connectivity index (χ4n) is 4.56. The van der Waals surface area contributed by atoms with Crippen molar-refractivity contribution in [3.8, 4) is 0 Å².